The summed E-state index contributed by atoms with van der Waals surface area (Å²) in [4.78, 5) is 6.32. The number of anilines is 2. The Morgan fingerprint density at radius 2 is 2.21 bits per heavy atom. The van der Waals surface area contributed by atoms with Crippen molar-refractivity contribution in [2.75, 3.05) is 23.7 Å². The van der Waals surface area contributed by atoms with Crippen LogP contribution in [0.4, 0.5) is 11.9 Å². The Balaban J connectivity index is 1.95. The highest BCUT2D eigenvalue weighted by Gasteiger charge is 2.20. The lowest BCUT2D eigenvalue weighted by Crippen LogP contribution is -2.34. The smallest absolute Gasteiger partial charge is 0.246 e. The van der Waals surface area contributed by atoms with E-state index in [1.54, 1.807) is 0 Å². The molecule has 2 rings (SSSR count). The molecule has 1 aliphatic heterocycles. The van der Waals surface area contributed by atoms with Gasteiger partial charge in [-0.3, -0.25) is 0 Å². The summed E-state index contributed by atoms with van der Waals surface area (Å²) in [6.07, 6.45) is 3.76. The van der Waals surface area contributed by atoms with Crippen LogP contribution in [0.3, 0.4) is 0 Å². The first-order valence-corrected chi connectivity index (χ1v) is 5.22. The lowest BCUT2D eigenvalue weighted by molar-refractivity contribution is 0.392. The van der Waals surface area contributed by atoms with E-state index in [1.165, 1.54) is 19.3 Å². The highest BCUT2D eigenvalue weighted by Crippen LogP contribution is 2.22. The molecule has 2 heterocycles. The summed E-state index contributed by atoms with van der Waals surface area (Å²) in [6, 6.07) is 0. The molecule has 3 N–H and O–H groups in total. The number of nitrogens with zero attached hydrogens (tertiary/aromatic N) is 3. The van der Waals surface area contributed by atoms with Crippen LogP contribution in [0.1, 0.15) is 26.2 Å². The van der Waals surface area contributed by atoms with Crippen molar-refractivity contribution in [2.24, 2.45) is 5.92 Å². The van der Waals surface area contributed by atoms with E-state index in [0.717, 1.165) is 25.0 Å². The third-order valence-electron chi connectivity index (χ3n) is 2.97. The number of hydrogen-bond donors (Lipinski definition) is 2. The van der Waals surface area contributed by atoms with Gasteiger partial charge in [-0.15, -0.1) is 5.10 Å². The van der Waals surface area contributed by atoms with Gasteiger partial charge in [-0.1, -0.05) is 13.3 Å². The predicted molar refractivity (Wildman–Crippen MR) is 56.0 cm³/mol. The van der Waals surface area contributed by atoms with E-state index in [2.05, 4.69) is 27.0 Å². The molecular formula is C9H17N5. The molecule has 1 aromatic rings. The van der Waals surface area contributed by atoms with Crippen molar-refractivity contribution in [3.8, 4) is 0 Å². The minimum atomic E-state index is 0.401. The number of aromatic amines is 1. The van der Waals surface area contributed by atoms with Crippen molar-refractivity contribution in [1.82, 2.24) is 15.2 Å². The fraction of sp³-hybridized carbons (Fsp3) is 0.778. The minimum absolute atomic E-state index is 0.401. The monoisotopic (exact) mass is 195 g/mol. The summed E-state index contributed by atoms with van der Waals surface area (Å²) in [6.45, 7) is 4.36. The Bertz CT molecular complexity index is 287. The molecule has 0 aliphatic carbocycles. The van der Waals surface area contributed by atoms with Crippen LogP contribution in [0.25, 0.3) is 0 Å². The predicted octanol–water partition coefficient (Wildman–Crippen LogP) is 1.01. The summed E-state index contributed by atoms with van der Waals surface area (Å²) in [7, 11) is 0. The van der Waals surface area contributed by atoms with Crippen LogP contribution in [0.15, 0.2) is 0 Å². The van der Waals surface area contributed by atoms with Gasteiger partial charge in [-0.05, 0) is 18.8 Å². The minimum Gasteiger partial charge on any atom is -0.368 e. The first-order valence-electron chi connectivity index (χ1n) is 5.22. The lowest BCUT2D eigenvalue weighted by Gasteiger charge is -2.30. The molecule has 0 aromatic carbocycles. The number of H-pyrrole nitrogens is 1. The maximum atomic E-state index is 5.48. The topological polar surface area (TPSA) is 70.8 Å². The van der Waals surface area contributed by atoms with Gasteiger partial charge in [0.1, 0.15) is 0 Å². The van der Waals surface area contributed by atoms with Crippen LogP contribution in [0.2, 0.25) is 0 Å². The van der Waals surface area contributed by atoms with Gasteiger partial charge in [0.15, 0.2) is 0 Å². The van der Waals surface area contributed by atoms with Crippen LogP contribution in [0.5, 0.6) is 0 Å². The molecule has 0 amide bonds. The van der Waals surface area contributed by atoms with Crippen molar-refractivity contribution >= 4 is 11.9 Å². The van der Waals surface area contributed by atoms with E-state index in [1.807, 2.05) is 0 Å². The second-order valence-corrected chi connectivity index (χ2v) is 3.86. The number of hydrogen-bond acceptors (Lipinski definition) is 4. The fourth-order valence-corrected chi connectivity index (χ4v) is 1.95. The van der Waals surface area contributed by atoms with E-state index < -0.39 is 0 Å². The number of piperidine rings is 1. The zero-order valence-electron chi connectivity index (χ0n) is 8.53. The summed E-state index contributed by atoms with van der Waals surface area (Å²) in [5.74, 6) is 2.03. The lowest BCUT2D eigenvalue weighted by atomic mass is 9.95. The fourth-order valence-electron chi connectivity index (χ4n) is 1.95. The number of nitrogen functional groups attached to an aromatic ring is 1. The number of nitrogens with two attached hydrogens (primary N) is 1. The second-order valence-electron chi connectivity index (χ2n) is 3.86. The Hall–Kier alpha value is -1.26. The van der Waals surface area contributed by atoms with Gasteiger partial charge < -0.3 is 10.6 Å². The maximum absolute atomic E-state index is 5.48. The van der Waals surface area contributed by atoms with Gasteiger partial charge in [0.25, 0.3) is 0 Å². The quantitative estimate of drug-likeness (QED) is 0.739. The molecule has 0 saturated carbocycles. The first kappa shape index (κ1) is 9.30. The Labute approximate surface area is 83.7 Å². The molecule has 0 atom stereocenters. The molecule has 0 radical (unpaired) electrons. The average Bonchev–Trinajstić information content (AvgIpc) is 2.65. The molecule has 1 aliphatic rings. The van der Waals surface area contributed by atoms with E-state index in [0.29, 0.717) is 5.95 Å². The van der Waals surface area contributed by atoms with E-state index in [9.17, 15) is 0 Å². The van der Waals surface area contributed by atoms with Crippen molar-refractivity contribution in [3.05, 3.63) is 0 Å². The van der Waals surface area contributed by atoms with Crippen LogP contribution in [-0.2, 0) is 0 Å². The molecule has 78 valence electrons. The largest absolute Gasteiger partial charge is 0.368 e. The third kappa shape index (κ3) is 1.81. The molecule has 1 saturated heterocycles. The van der Waals surface area contributed by atoms with Gasteiger partial charge in [-0.25, -0.2) is 5.10 Å². The van der Waals surface area contributed by atoms with Gasteiger partial charge in [0.2, 0.25) is 11.9 Å². The number of nitrogens with one attached hydrogen (secondary N) is 1. The van der Waals surface area contributed by atoms with Crippen molar-refractivity contribution in [2.45, 2.75) is 26.2 Å². The Kier molecular flexibility index (Phi) is 2.56. The third-order valence-corrected chi connectivity index (χ3v) is 2.97. The molecule has 1 aromatic heterocycles. The Morgan fingerprint density at radius 3 is 2.71 bits per heavy atom. The zero-order chi connectivity index (χ0) is 9.97. The molecule has 0 bridgehead atoms. The van der Waals surface area contributed by atoms with E-state index in [4.69, 9.17) is 5.73 Å². The van der Waals surface area contributed by atoms with Gasteiger partial charge in [0.05, 0.1) is 0 Å². The van der Waals surface area contributed by atoms with Gasteiger partial charge in [0, 0.05) is 13.1 Å². The van der Waals surface area contributed by atoms with Crippen LogP contribution in [-0.4, -0.2) is 28.3 Å². The normalized spacial score (nSPS) is 18.8. The van der Waals surface area contributed by atoms with Crippen molar-refractivity contribution in [3.63, 3.8) is 0 Å². The molecule has 1 fully saturated rings. The summed E-state index contributed by atoms with van der Waals surface area (Å²) >= 11 is 0. The maximum Gasteiger partial charge on any atom is 0.246 e. The molecular weight excluding hydrogens is 178 g/mol. The van der Waals surface area contributed by atoms with E-state index in [-0.39, 0.29) is 0 Å². The first-order chi connectivity index (χ1) is 6.79. The van der Waals surface area contributed by atoms with Crippen molar-refractivity contribution in [1.29, 1.82) is 0 Å². The van der Waals surface area contributed by atoms with Crippen molar-refractivity contribution < 1.29 is 0 Å². The highest BCUT2D eigenvalue weighted by molar-refractivity contribution is 5.34. The molecule has 14 heavy (non-hydrogen) atoms. The number of rotatable bonds is 2. The van der Waals surface area contributed by atoms with Crippen LogP contribution >= 0.6 is 0 Å². The van der Waals surface area contributed by atoms with Gasteiger partial charge >= 0.3 is 0 Å². The standard InChI is InChI=1S/C9H17N5/c1-2-7-3-5-14(6-4-7)9-11-8(10)12-13-9/h7H,2-6H2,1H3,(H3,10,11,12,13). The highest BCUT2D eigenvalue weighted by atomic mass is 15.4. The summed E-state index contributed by atoms with van der Waals surface area (Å²) in [5, 5.41) is 6.72. The molecule has 0 unspecified atom stereocenters. The van der Waals surface area contributed by atoms with Crippen LogP contribution in [0, 0.1) is 5.92 Å². The second kappa shape index (κ2) is 3.86. The molecule has 5 nitrogen and oxygen atoms in total. The summed E-state index contributed by atoms with van der Waals surface area (Å²) in [5.41, 5.74) is 5.48. The Morgan fingerprint density at radius 1 is 1.50 bits per heavy atom. The average molecular weight is 195 g/mol. The zero-order valence-corrected chi connectivity index (χ0v) is 8.53. The summed E-state index contributed by atoms with van der Waals surface area (Å²) < 4.78 is 0. The van der Waals surface area contributed by atoms with E-state index >= 15 is 0 Å². The van der Waals surface area contributed by atoms with Gasteiger partial charge in [-0.2, -0.15) is 4.98 Å². The van der Waals surface area contributed by atoms with Crippen LogP contribution < -0.4 is 10.6 Å². The molecule has 0 spiro atoms. The molecule has 5 heteroatoms. The SMILES string of the molecule is CCC1CCN(c2n[nH]c(N)n2)CC1. The number of aromatic nitrogens is 3.